The maximum Gasteiger partial charge on any atom is 0.269 e. The van der Waals surface area contributed by atoms with Crippen molar-refractivity contribution in [3.8, 4) is 11.4 Å². The van der Waals surface area contributed by atoms with E-state index in [4.69, 9.17) is 0 Å². The molecule has 1 amide bonds. The predicted molar refractivity (Wildman–Crippen MR) is 107 cm³/mol. The van der Waals surface area contributed by atoms with Gasteiger partial charge in [0.2, 0.25) is 0 Å². The van der Waals surface area contributed by atoms with Crippen LogP contribution in [0.4, 0.5) is 11.4 Å². The molecule has 0 bridgehead atoms. The number of carbonyl (C=O) groups is 1. The number of aromatic amines is 1. The molecule has 2 N–H and O–H groups in total. The number of para-hydroxylation sites is 1. The standard InChI is InChI=1S/C21H16N4O3/c1-13-3-2-4-18-19(13)24-20(23-18)14-5-9-16(10-6-14)22-21(26)15-7-11-17(12-8-15)25(27)28/h2-12H,1H3,(H,22,26)(H,23,24). The number of nitrogens with zero attached hydrogens (tertiary/aromatic N) is 2. The van der Waals surface area contributed by atoms with Crippen molar-refractivity contribution < 1.29 is 9.72 Å². The fourth-order valence-corrected chi connectivity index (χ4v) is 2.96. The Bertz CT molecular complexity index is 1180. The van der Waals surface area contributed by atoms with Crippen LogP contribution in [-0.2, 0) is 0 Å². The molecule has 7 heteroatoms. The average Bonchev–Trinajstić information content (AvgIpc) is 3.14. The molecule has 4 aromatic rings. The number of H-pyrrole nitrogens is 1. The molecule has 4 rings (SSSR count). The summed E-state index contributed by atoms with van der Waals surface area (Å²) in [5.41, 5.74) is 4.85. The van der Waals surface area contributed by atoms with E-state index in [0.717, 1.165) is 28.0 Å². The number of nitrogens with one attached hydrogen (secondary N) is 2. The third-order valence-electron chi connectivity index (χ3n) is 4.47. The molecule has 1 heterocycles. The molecule has 1 aromatic heterocycles. The van der Waals surface area contributed by atoms with Gasteiger partial charge in [-0.2, -0.15) is 0 Å². The summed E-state index contributed by atoms with van der Waals surface area (Å²) in [6.45, 7) is 2.02. The highest BCUT2D eigenvalue weighted by Crippen LogP contribution is 2.24. The lowest BCUT2D eigenvalue weighted by atomic mass is 10.1. The highest BCUT2D eigenvalue weighted by Gasteiger charge is 2.11. The topological polar surface area (TPSA) is 101 Å². The molecule has 0 atom stereocenters. The Morgan fingerprint density at radius 2 is 1.75 bits per heavy atom. The van der Waals surface area contributed by atoms with Crippen molar-refractivity contribution in [3.63, 3.8) is 0 Å². The summed E-state index contributed by atoms with van der Waals surface area (Å²) in [7, 11) is 0. The number of rotatable bonds is 4. The van der Waals surface area contributed by atoms with Gasteiger partial charge in [0.1, 0.15) is 5.82 Å². The Kier molecular flexibility index (Phi) is 4.33. The molecule has 0 fully saturated rings. The maximum absolute atomic E-state index is 12.3. The van der Waals surface area contributed by atoms with Crippen LogP contribution in [0.15, 0.2) is 66.7 Å². The Morgan fingerprint density at radius 3 is 2.39 bits per heavy atom. The zero-order valence-corrected chi connectivity index (χ0v) is 15.0. The van der Waals surface area contributed by atoms with Gasteiger partial charge in [-0.25, -0.2) is 4.98 Å². The SMILES string of the molecule is Cc1cccc2[nH]c(-c3ccc(NC(=O)c4ccc([N+](=O)[O-])cc4)cc3)nc12. The molecule has 0 aliphatic carbocycles. The molecule has 7 nitrogen and oxygen atoms in total. The summed E-state index contributed by atoms with van der Waals surface area (Å²) in [5, 5.41) is 13.5. The first kappa shape index (κ1) is 17.4. The van der Waals surface area contributed by atoms with Crippen LogP contribution in [0.1, 0.15) is 15.9 Å². The molecule has 0 saturated carbocycles. The number of non-ortho nitro benzene ring substituents is 1. The zero-order chi connectivity index (χ0) is 19.7. The van der Waals surface area contributed by atoms with Gasteiger partial charge in [0, 0.05) is 28.9 Å². The lowest BCUT2D eigenvalue weighted by molar-refractivity contribution is -0.384. The number of benzene rings is 3. The van der Waals surface area contributed by atoms with E-state index in [1.54, 1.807) is 12.1 Å². The van der Waals surface area contributed by atoms with E-state index in [1.807, 2.05) is 37.3 Å². The normalized spacial score (nSPS) is 10.8. The molecule has 0 unspecified atom stereocenters. The van der Waals surface area contributed by atoms with Crippen LogP contribution in [0.2, 0.25) is 0 Å². The summed E-state index contributed by atoms with van der Waals surface area (Å²) in [6.07, 6.45) is 0. The van der Waals surface area contributed by atoms with E-state index in [1.165, 1.54) is 24.3 Å². The van der Waals surface area contributed by atoms with E-state index >= 15 is 0 Å². The molecule has 0 aliphatic heterocycles. The minimum absolute atomic E-state index is 0.0537. The van der Waals surface area contributed by atoms with Gasteiger partial charge < -0.3 is 10.3 Å². The van der Waals surface area contributed by atoms with Gasteiger partial charge in [0.25, 0.3) is 11.6 Å². The lowest BCUT2D eigenvalue weighted by Gasteiger charge is -2.06. The minimum atomic E-state index is -0.500. The second-order valence-electron chi connectivity index (χ2n) is 6.39. The Labute approximate surface area is 160 Å². The predicted octanol–water partition coefficient (Wildman–Crippen LogP) is 4.70. The van der Waals surface area contributed by atoms with Crippen LogP contribution >= 0.6 is 0 Å². The number of imidazole rings is 1. The molecule has 0 aliphatic rings. The van der Waals surface area contributed by atoms with Crippen LogP contribution in [-0.4, -0.2) is 20.8 Å². The number of hydrogen-bond donors (Lipinski definition) is 2. The summed E-state index contributed by atoms with van der Waals surface area (Å²) >= 11 is 0. The zero-order valence-electron chi connectivity index (χ0n) is 15.0. The van der Waals surface area contributed by atoms with Crippen LogP contribution in [0.3, 0.4) is 0 Å². The number of hydrogen-bond acceptors (Lipinski definition) is 4. The molecule has 3 aromatic carbocycles. The molecule has 28 heavy (non-hydrogen) atoms. The Balaban J connectivity index is 1.51. The van der Waals surface area contributed by atoms with Crippen LogP contribution in [0, 0.1) is 17.0 Å². The van der Waals surface area contributed by atoms with Crippen molar-refractivity contribution in [1.29, 1.82) is 0 Å². The molecule has 0 spiro atoms. The molecular formula is C21H16N4O3. The third kappa shape index (κ3) is 3.33. The number of amides is 1. The maximum atomic E-state index is 12.3. The molecular weight excluding hydrogens is 356 g/mol. The third-order valence-corrected chi connectivity index (χ3v) is 4.47. The van der Waals surface area contributed by atoms with E-state index in [2.05, 4.69) is 15.3 Å². The summed E-state index contributed by atoms with van der Waals surface area (Å²) in [4.78, 5) is 30.4. The van der Waals surface area contributed by atoms with E-state index in [0.29, 0.717) is 11.3 Å². The Morgan fingerprint density at radius 1 is 1.04 bits per heavy atom. The number of nitro benzene ring substituents is 1. The Hall–Kier alpha value is -4.00. The number of anilines is 1. The van der Waals surface area contributed by atoms with Crippen molar-refractivity contribution in [2.75, 3.05) is 5.32 Å². The molecule has 0 saturated heterocycles. The number of aryl methyl sites for hydroxylation is 1. The minimum Gasteiger partial charge on any atom is -0.338 e. The van der Waals surface area contributed by atoms with Crippen LogP contribution in [0.5, 0.6) is 0 Å². The van der Waals surface area contributed by atoms with Gasteiger partial charge in [-0.1, -0.05) is 12.1 Å². The lowest BCUT2D eigenvalue weighted by Crippen LogP contribution is -2.11. The van der Waals surface area contributed by atoms with Crippen molar-refractivity contribution >= 4 is 28.3 Å². The van der Waals surface area contributed by atoms with Crippen LogP contribution in [0.25, 0.3) is 22.4 Å². The second kappa shape index (κ2) is 6.96. The van der Waals surface area contributed by atoms with Crippen LogP contribution < -0.4 is 5.32 Å². The second-order valence-corrected chi connectivity index (χ2v) is 6.39. The van der Waals surface area contributed by atoms with Crippen molar-refractivity contribution in [2.24, 2.45) is 0 Å². The van der Waals surface area contributed by atoms with Gasteiger partial charge >= 0.3 is 0 Å². The molecule has 138 valence electrons. The van der Waals surface area contributed by atoms with Crippen molar-refractivity contribution in [2.45, 2.75) is 6.92 Å². The van der Waals surface area contributed by atoms with E-state index in [-0.39, 0.29) is 11.6 Å². The summed E-state index contributed by atoms with van der Waals surface area (Å²) in [5.74, 6) is 0.430. The fraction of sp³-hybridized carbons (Fsp3) is 0.0476. The van der Waals surface area contributed by atoms with Crippen molar-refractivity contribution in [1.82, 2.24) is 9.97 Å². The van der Waals surface area contributed by atoms with Gasteiger partial charge in [-0.15, -0.1) is 0 Å². The first-order chi connectivity index (χ1) is 13.5. The number of nitro groups is 1. The summed E-state index contributed by atoms with van der Waals surface area (Å²) in [6, 6.07) is 18.8. The van der Waals surface area contributed by atoms with Gasteiger partial charge in [0.15, 0.2) is 0 Å². The van der Waals surface area contributed by atoms with Gasteiger partial charge in [-0.05, 0) is 55.0 Å². The first-order valence-electron chi connectivity index (χ1n) is 8.63. The largest absolute Gasteiger partial charge is 0.338 e. The highest BCUT2D eigenvalue weighted by atomic mass is 16.6. The number of aromatic nitrogens is 2. The fourth-order valence-electron chi connectivity index (χ4n) is 2.96. The van der Waals surface area contributed by atoms with E-state index in [9.17, 15) is 14.9 Å². The number of fused-ring (bicyclic) bond motifs is 1. The quantitative estimate of drug-likeness (QED) is 0.400. The van der Waals surface area contributed by atoms with Gasteiger partial charge in [-0.3, -0.25) is 14.9 Å². The van der Waals surface area contributed by atoms with Gasteiger partial charge in [0.05, 0.1) is 16.0 Å². The highest BCUT2D eigenvalue weighted by molar-refractivity contribution is 6.04. The van der Waals surface area contributed by atoms with E-state index < -0.39 is 4.92 Å². The number of carbonyl (C=O) groups excluding carboxylic acids is 1. The molecule has 0 radical (unpaired) electrons. The smallest absolute Gasteiger partial charge is 0.269 e. The first-order valence-corrected chi connectivity index (χ1v) is 8.63. The summed E-state index contributed by atoms with van der Waals surface area (Å²) < 4.78 is 0. The van der Waals surface area contributed by atoms with Crippen molar-refractivity contribution in [3.05, 3.63) is 88.0 Å². The average molecular weight is 372 g/mol. The monoisotopic (exact) mass is 372 g/mol.